The Balaban J connectivity index is 1.79. The molecule has 0 aliphatic carbocycles. The number of ether oxygens (including phenoxy) is 1. The van der Waals surface area contributed by atoms with Gasteiger partial charge in [-0.1, -0.05) is 30.3 Å². The van der Waals surface area contributed by atoms with Gasteiger partial charge in [0.25, 0.3) is 5.91 Å². The van der Waals surface area contributed by atoms with Crippen LogP contribution in [0.5, 0.6) is 0 Å². The number of hydrogen-bond acceptors (Lipinski definition) is 4. The zero-order chi connectivity index (χ0) is 18.0. The second-order valence-electron chi connectivity index (χ2n) is 5.63. The van der Waals surface area contributed by atoms with Gasteiger partial charge < -0.3 is 4.74 Å². The van der Waals surface area contributed by atoms with E-state index in [9.17, 15) is 22.0 Å². The maximum atomic E-state index is 13.6. The molecule has 2 aromatic rings. The summed E-state index contributed by atoms with van der Waals surface area (Å²) < 4.78 is 58.8. The summed E-state index contributed by atoms with van der Waals surface area (Å²) in [5, 5.41) is 0. The van der Waals surface area contributed by atoms with E-state index in [1.165, 1.54) is 0 Å². The number of benzene rings is 2. The third kappa shape index (κ3) is 3.85. The number of sulfonamides is 1. The third-order valence-electron chi connectivity index (χ3n) is 3.88. The zero-order valence-corrected chi connectivity index (χ0v) is 13.9. The summed E-state index contributed by atoms with van der Waals surface area (Å²) in [6, 6.07) is 10.1. The molecule has 1 aliphatic rings. The van der Waals surface area contributed by atoms with Crippen LogP contribution in [0.25, 0.3) is 0 Å². The van der Waals surface area contributed by atoms with Gasteiger partial charge in [0.1, 0.15) is 17.4 Å². The van der Waals surface area contributed by atoms with Gasteiger partial charge in [-0.3, -0.25) is 9.52 Å². The zero-order valence-electron chi connectivity index (χ0n) is 13.0. The Labute approximate surface area is 143 Å². The lowest BCUT2D eigenvalue weighted by atomic mass is 9.97. The van der Waals surface area contributed by atoms with Crippen molar-refractivity contribution in [3.8, 4) is 0 Å². The van der Waals surface area contributed by atoms with Crippen LogP contribution in [0.4, 0.5) is 8.78 Å². The summed E-state index contributed by atoms with van der Waals surface area (Å²) in [6.45, 7) is 0.275. The monoisotopic (exact) mass is 367 g/mol. The molecule has 0 aromatic heterocycles. The number of hydrogen-bond donors (Lipinski definition) is 1. The first-order valence-corrected chi connectivity index (χ1v) is 9.19. The minimum atomic E-state index is -4.29. The highest BCUT2D eigenvalue weighted by atomic mass is 32.2. The molecule has 1 heterocycles. The molecule has 8 heteroatoms. The molecule has 0 saturated carbocycles. The number of nitrogens with one attached hydrogen (secondary N) is 1. The van der Waals surface area contributed by atoms with Gasteiger partial charge in [0.15, 0.2) is 6.10 Å². The van der Waals surface area contributed by atoms with E-state index < -0.39 is 45.0 Å². The van der Waals surface area contributed by atoms with E-state index in [-0.39, 0.29) is 6.61 Å². The predicted octanol–water partition coefficient (Wildman–Crippen LogP) is 2.22. The van der Waals surface area contributed by atoms with E-state index in [4.69, 9.17) is 4.74 Å². The average molecular weight is 367 g/mol. The summed E-state index contributed by atoms with van der Waals surface area (Å²) in [6.07, 6.45) is -0.460. The van der Waals surface area contributed by atoms with Gasteiger partial charge in [-0.25, -0.2) is 17.2 Å². The number of carbonyl (C=O) groups excluding carboxylic acids is 1. The van der Waals surface area contributed by atoms with Crippen molar-refractivity contribution in [2.45, 2.75) is 18.3 Å². The minimum absolute atomic E-state index is 0.275. The fourth-order valence-electron chi connectivity index (χ4n) is 2.71. The SMILES string of the molecule is O=C(NS(=O)(=O)Cc1c(F)cccc1F)C1OCCc2ccccc21. The lowest BCUT2D eigenvalue weighted by Crippen LogP contribution is -2.38. The van der Waals surface area contributed by atoms with E-state index in [2.05, 4.69) is 0 Å². The molecule has 0 radical (unpaired) electrons. The van der Waals surface area contributed by atoms with Crippen molar-refractivity contribution in [1.82, 2.24) is 4.72 Å². The molecule has 0 saturated heterocycles. The molecule has 1 unspecified atom stereocenters. The Hall–Kier alpha value is -2.32. The number of rotatable bonds is 4. The highest BCUT2D eigenvalue weighted by molar-refractivity contribution is 7.89. The second kappa shape index (κ2) is 6.89. The van der Waals surface area contributed by atoms with Crippen LogP contribution < -0.4 is 4.72 Å². The molecule has 132 valence electrons. The Kier molecular flexibility index (Phi) is 4.82. The standard InChI is InChI=1S/C17H15F2NO4S/c18-14-6-3-7-15(19)13(14)10-25(22,23)20-17(21)16-12-5-2-1-4-11(12)8-9-24-16/h1-7,16H,8-10H2,(H,20,21). The summed E-state index contributed by atoms with van der Waals surface area (Å²) in [4.78, 5) is 12.3. The Bertz CT molecular complexity index is 894. The normalized spacial score (nSPS) is 17.0. The fraction of sp³-hybridized carbons (Fsp3) is 0.235. The quantitative estimate of drug-likeness (QED) is 0.900. The molecule has 3 rings (SSSR count). The lowest BCUT2D eigenvalue weighted by Gasteiger charge is -2.25. The Morgan fingerprint density at radius 1 is 1.12 bits per heavy atom. The lowest BCUT2D eigenvalue weighted by molar-refractivity contribution is -0.132. The molecular weight excluding hydrogens is 352 g/mol. The molecule has 1 aliphatic heterocycles. The first-order valence-electron chi connectivity index (χ1n) is 7.54. The van der Waals surface area contributed by atoms with Crippen molar-refractivity contribution in [1.29, 1.82) is 0 Å². The molecule has 5 nitrogen and oxygen atoms in total. The van der Waals surface area contributed by atoms with Gasteiger partial charge in [0.2, 0.25) is 10.0 Å². The van der Waals surface area contributed by atoms with Gasteiger partial charge in [-0.2, -0.15) is 0 Å². The topological polar surface area (TPSA) is 72.5 Å². The molecule has 1 N–H and O–H groups in total. The smallest absolute Gasteiger partial charge is 0.267 e. The van der Waals surface area contributed by atoms with Crippen LogP contribution in [0, 0.1) is 11.6 Å². The number of halogens is 2. The fourth-order valence-corrected chi connectivity index (χ4v) is 3.86. The molecule has 1 atom stereocenters. The Morgan fingerprint density at radius 3 is 2.52 bits per heavy atom. The van der Waals surface area contributed by atoms with E-state index in [1.54, 1.807) is 12.1 Å². The van der Waals surface area contributed by atoms with Crippen LogP contribution >= 0.6 is 0 Å². The summed E-state index contributed by atoms with van der Waals surface area (Å²) in [5.74, 6) is -3.84. The molecule has 0 fully saturated rings. The van der Waals surface area contributed by atoms with Crippen molar-refractivity contribution >= 4 is 15.9 Å². The van der Waals surface area contributed by atoms with Gasteiger partial charge in [-0.15, -0.1) is 0 Å². The average Bonchev–Trinajstić information content (AvgIpc) is 2.57. The summed E-state index contributed by atoms with van der Waals surface area (Å²) in [5.41, 5.74) is 0.859. The van der Waals surface area contributed by atoms with Gasteiger partial charge in [-0.05, 0) is 29.7 Å². The van der Waals surface area contributed by atoms with Crippen LogP contribution in [0.1, 0.15) is 22.8 Å². The van der Waals surface area contributed by atoms with Crippen LogP contribution in [0.2, 0.25) is 0 Å². The summed E-state index contributed by atoms with van der Waals surface area (Å²) >= 11 is 0. The van der Waals surface area contributed by atoms with Crippen LogP contribution in [0.15, 0.2) is 42.5 Å². The molecule has 1 amide bonds. The highest BCUT2D eigenvalue weighted by Gasteiger charge is 2.30. The van der Waals surface area contributed by atoms with Crippen LogP contribution in [-0.4, -0.2) is 20.9 Å². The van der Waals surface area contributed by atoms with Crippen LogP contribution in [0.3, 0.4) is 0 Å². The first kappa shape index (κ1) is 17.5. The predicted molar refractivity (Wildman–Crippen MR) is 86.0 cm³/mol. The van der Waals surface area contributed by atoms with Crippen molar-refractivity contribution < 1.29 is 26.7 Å². The first-order chi connectivity index (χ1) is 11.9. The van der Waals surface area contributed by atoms with Gasteiger partial charge >= 0.3 is 0 Å². The molecule has 0 spiro atoms. The maximum Gasteiger partial charge on any atom is 0.267 e. The van der Waals surface area contributed by atoms with Gasteiger partial charge in [0, 0.05) is 5.56 Å². The Morgan fingerprint density at radius 2 is 1.80 bits per heavy atom. The maximum absolute atomic E-state index is 13.6. The van der Waals surface area contributed by atoms with Crippen molar-refractivity contribution in [3.63, 3.8) is 0 Å². The highest BCUT2D eigenvalue weighted by Crippen LogP contribution is 2.27. The molecule has 0 bridgehead atoms. The van der Waals surface area contributed by atoms with Crippen molar-refractivity contribution in [3.05, 3.63) is 70.8 Å². The third-order valence-corrected chi connectivity index (χ3v) is 5.06. The number of amides is 1. The number of carbonyl (C=O) groups is 1. The molecule has 2 aromatic carbocycles. The van der Waals surface area contributed by atoms with E-state index >= 15 is 0 Å². The minimum Gasteiger partial charge on any atom is -0.363 e. The van der Waals surface area contributed by atoms with E-state index in [0.29, 0.717) is 12.0 Å². The van der Waals surface area contributed by atoms with Crippen molar-refractivity contribution in [2.75, 3.05) is 6.61 Å². The largest absolute Gasteiger partial charge is 0.363 e. The van der Waals surface area contributed by atoms with Crippen LogP contribution in [-0.2, 0) is 31.7 Å². The molecular formula is C17H15F2NO4S. The van der Waals surface area contributed by atoms with E-state index in [1.807, 2.05) is 16.9 Å². The van der Waals surface area contributed by atoms with E-state index in [0.717, 1.165) is 23.8 Å². The van der Waals surface area contributed by atoms with Crippen molar-refractivity contribution in [2.24, 2.45) is 0 Å². The van der Waals surface area contributed by atoms with Gasteiger partial charge in [0.05, 0.1) is 6.61 Å². The summed E-state index contributed by atoms with van der Waals surface area (Å²) in [7, 11) is -4.29. The molecule has 25 heavy (non-hydrogen) atoms. The second-order valence-corrected chi connectivity index (χ2v) is 7.35. The number of fused-ring (bicyclic) bond motifs is 1.